The van der Waals surface area contributed by atoms with Crippen LogP contribution in [0.4, 0.5) is 5.69 Å². The molecule has 0 radical (unpaired) electrons. The summed E-state index contributed by atoms with van der Waals surface area (Å²) in [6.07, 6.45) is 1.84. The van der Waals surface area contributed by atoms with E-state index in [2.05, 4.69) is 17.2 Å². The Hall–Kier alpha value is -2.10. The molecule has 0 atom stereocenters. The highest BCUT2D eigenvalue weighted by atomic mass is 16.1. The molecule has 4 heteroatoms. The number of nitrogens with one attached hydrogen (secondary N) is 2. The molecule has 0 aliphatic heterocycles. The minimum atomic E-state index is -0.254. The molecule has 0 unspecified atom stereocenters. The molecular formula is C11H12N2O2. The van der Waals surface area contributed by atoms with Gasteiger partial charge in [0, 0.05) is 12.2 Å². The quantitative estimate of drug-likeness (QED) is 0.556. The molecule has 4 nitrogen and oxygen atoms in total. The van der Waals surface area contributed by atoms with Crippen LogP contribution in [0, 0.1) is 0 Å². The minimum Gasteiger partial charge on any atom is -0.355 e. The lowest BCUT2D eigenvalue weighted by Gasteiger charge is -2.04. The maximum atomic E-state index is 11.0. The van der Waals surface area contributed by atoms with E-state index in [-0.39, 0.29) is 5.91 Å². The van der Waals surface area contributed by atoms with Crippen molar-refractivity contribution in [3.05, 3.63) is 42.5 Å². The Balaban J connectivity index is 2.69. The zero-order chi connectivity index (χ0) is 11.1. The summed E-state index contributed by atoms with van der Waals surface area (Å²) in [6.45, 7) is 3.80. The van der Waals surface area contributed by atoms with E-state index in [1.165, 1.54) is 6.08 Å². The van der Waals surface area contributed by atoms with Crippen molar-refractivity contribution in [3.63, 3.8) is 0 Å². The summed E-state index contributed by atoms with van der Waals surface area (Å²) in [5.74, 6) is -0.254. The zero-order valence-corrected chi connectivity index (χ0v) is 8.19. The molecule has 0 fully saturated rings. The first-order chi connectivity index (χ1) is 7.26. The smallest absolute Gasteiger partial charge is 0.247 e. The lowest BCUT2D eigenvalue weighted by atomic mass is 10.2. The van der Waals surface area contributed by atoms with Gasteiger partial charge in [0.2, 0.25) is 12.3 Å². The van der Waals surface area contributed by atoms with Crippen LogP contribution in [-0.2, 0) is 16.1 Å². The summed E-state index contributed by atoms with van der Waals surface area (Å²) in [5.41, 5.74) is 1.61. The van der Waals surface area contributed by atoms with Gasteiger partial charge < -0.3 is 10.6 Å². The van der Waals surface area contributed by atoms with E-state index in [1.807, 2.05) is 6.07 Å². The molecule has 2 amide bonds. The van der Waals surface area contributed by atoms with E-state index in [9.17, 15) is 9.59 Å². The topological polar surface area (TPSA) is 58.2 Å². The van der Waals surface area contributed by atoms with Gasteiger partial charge in [-0.3, -0.25) is 9.59 Å². The van der Waals surface area contributed by atoms with Crippen LogP contribution in [0.15, 0.2) is 36.9 Å². The maximum absolute atomic E-state index is 11.0. The van der Waals surface area contributed by atoms with Gasteiger partial charge >= 0.3 is 0 Å². The highest BCUT2D eigenvalue weighted by molar-refractivity contribution is 5.98. The monoisotopic (exact) mass is 204 g/mol. The molecule has 1 rings (SSSR count). The summed E-state index contributed by atoms with van der Waals surface area (Å²) in [5, 5.41) is 5.18. The molecule has 15 heavy (non-hydrogen) atoms. The first-order valence-electron chi connectivity index (χ1n) is 4.45. The number of benzene rings is 1. The molecule has 0 bridgehead atoms. The van der Waals surface area contributed by atoms with Gasteiger partial charge in [-0.15, -0.1) is 0 Å². The van der Waals surface area contributed by atoms with Crippen molar-refractivity contribution in [3.8, 4) is 0 Å². The predicted octanol–water partition coefficient (Wildman–Crippen LogP) is 1.06. The van der Waals surface area contributed by atoms with Gasteiger partial charge in [0.25, 0.3) is 0 Å². The third kappa shape index (κ3) is 3.64. The van der Waals surface area contributed by atoms with E-state index in [4.69, 9.17) is 0 Å². The molecule has 0 spiro atoms. The SMILES string of the molecule is C=CC(=O)Nc1cccc(CNC=O)c1. The second-order valence-electron chi connectivity index (χ2n) is 2.89. The third-order valence-corrected chi connectivity index (χ3v) is 1.77. The van der Waals surface area contributed by atoms with E-state index in [0.29, 0.717) is 18.6 Å². The predicted molar refractivity (Wildman–Crippen MR) is 58.2 cm³/mol. The molecule has 2 N–H and O–H groups in total. The van der Waals surface area contributed by atoms with Crippen molar-refractivity contribution in [1.29, 1.82) is 0 Å². The Morgan fingerprint density at radius 1 is 1.47 bits per heavy atom. The maximum Gasteiger partial charge on any atom is 0.247 e. The average molecular weight is 204 g/mol. The van der Waals surface area contributed by atoms with Crippen LogP contribution in [0.5, 0.6) is 0 Å². The van der Waals surface area contributed by atoms with Gasteiger partial charge in [-0.25, -0.2) is 0 Å². The molecular weight excluding hydrogens is 192 g/mol. The van der Waals surface area contributed by atoms with Crippen LogP contribution in [0.2, 0.25) is 0 Å². The Morgan fingerprint density at radius 3 is 2.93 bits per heavy atom. The molecule has 78 valence electrons. The van der Waals surface area contributed by atoms with Crippen LogP contribution in [0.3, 0.4) is 0 Å². The second-order valence-corrected chi connectivity index (χ2v) is 2.89. The molecule has 0 aliphatic rings. The van der Waals surface area contributed by atoms with E-state index >= 15 is 0 Å². The highest BCUT2D eigenvalue weighted by Gasteiger charge is 1.98. The van der Waals surface area contributed by atoms with Crippen molar-refractivity contribution < 1.29 is 9.59 Å². The van der Waals surface area contributed by atoms with Gasteiger partial charge in [0.15, 0.2) is 0 Å². The van der Waals surface area contributed by atoms with E-state index < -0.39 is 0 Å². The summed E-state index contributed by atoms with van der Waals surface area (Å²) < 4.78 is 0. The molecule has 0 aromatic heterocycles. The molecule has 0 aliphatic carbocycles. The molecule has 0 saturated heterocycles. The summed E-state index contributed by atoms with van der Waals surface area (Å²) in [4.78, 5) is 21.1. The first-order valence-corrected chi connectivity index (χ1v) is 4.45. The Bertz CT molecular complexity index is 375. The molecule has 1 aromatic rings. The second kappa shape index (κ2) is 5.59. The highest BCUT2D eigenvalue weighted by Crippen LogP contribution is 2.10. The van der Waals surface area contributed by atoms with Gasteiger partial charge in [-0.2, -0.15) is 0 Å². The molecule has 0 saturated carbocycles. The van der Waals surface area contributed by atoms with Crippen molar-refractivity contribution in [2.45, 2.75) is 6.54 Å². The Kier molecular flexibility index (Phi) is 4.09. The van der Waals surface area contributed by atoms with E-state index in [0.717, 1.165) is 5.56 Å². The number of rotatable bonds is 5. The Labute approximate surface area is 88.0 Å². The van der Waals surface area contributed by atoms with Crippen molar-refractivity contribution in [2.24, 2.45) is 0 Å². The molecule has 0 heterocycles. The van der Waals surface area contributed by atoms with E-state index in [1.54, 1.807) is 18.2 Å². The summed E-state index contributed by atoms with van der Waals surface area (Å²) in [7, 11) is 0. The van der Waals surface area contributed by atoms with Crippen LogP contribution in [0.1, 0.15) is 5.56 Å². The lowest BCUT2D eigenvalue weighted by molar-refractivity contribution is -0.112. The van der Waals surface area contributed by atoms with Crippen molar-refractivity contribution in [2.75, 3.05) is 5.32 Å². The number of hydrogen-bond donors (Lipinski definition) is 2. The average Bonchev–Trinajstić information content (AvgIpc) is 2.26. The minimum absolute atomic E-state index is 0.254. The van der Waals surface area contributed by atoms with Crippen LogP contribution < -0.4 is 10.6 Å². The Morgan fingerprint density at radius 2 is 2.27 bits per heavy atom. The van der Waals surface area contributed by atoms with Gasteiger partial charge in [-0.05, 0) is 23.8 Å². The van der Waals surface area contributed by atoms with Crippen LogP contribution in [-0.4, -0.2) is 12.3 Å². The van der Waals surface area contributed by atoms with Crippen molar-refractivity contribution in [1.82, 2.24) is 5.32 Å². The van der Waals surface area contributed by atoms with Crippen LogP contribution in [0.25, 0.3) is 0 Å². The number of carbonyl (C=O) groups excluding carboxylic acids is 2. The number of hydrogen-bond acceptors (Lipinski definition) is 2. The van der Waals surface area contributed by atoms with Gasteiger partial charge in [0.1, 0.15) is 0 Å². The summed E-state index contributed by atoms with van der Waals surface area (Å²) in [6, 6.07) is 7.23. The fourth-order valence-corrected chi connectivity index (χ4v) is 1.11. The van der Waals surface area contributed by atoms with Gasteiger partial charge in [-0.1, -0.05) is 18.7 Å². The van der Waals surface area contributed by atoms with Gasteiger partial charge in [0.05, 0.1) is 0 Å². The fraction of sp³-hybridized carbons (Fsp3) is 0.0909. The first kappa shape index (κ1) is 11.0. The fourth-order valence-electron chi connectivity index (χ4n) is 1.11. The largest absolute Gasteiger partial charge is 0.355 e. The van der Waals surface area contributed by atoms with Crippen molar-refractivity contribution >= 4 is 18.0 Å². The number of anilines is 1. The summed E-state index contributed by atoms with van der Waals surface area (Å²) >= 11 is 0. The lowest BCUT2D eigenvalue weighted by Crippen LogP contribution is -2.11. The normalized spacial score (nSPS) is 9.07. The van der Waals surface area contributed by atoms with Crippen LogP contribution >= 0.6 is 0 Å². The standard InChI is InChI=1S/C11H12N2O2/c1-2-11(15)13-10-5-3-4-9(6-10)7-12-8-14/h2-6,8H,1,7H2,(H,12,14)(H,13,15). The third-order valence-electron chi connectivity index (χ3n) is 1.77. The zero-order valence-electron chi connectivity index (χ0n) is 8.19. The number of carbonyl (C=O) groups is 2. The molecule has 1 aromatic carbocycles. The number of amides is 2.